The van der Waals surface area contributed by atoms with Crippen LogP contribution in [-0.4, -0.2) is 12.5 Å². The molecule has 2 aromatic rings. The van der Waals surface area contributed by atoms with Gasteiger partial charge in [0.1, 0.15) is 5.75 Å². The molecule has 5 heteroatoms. The summed E-state index contributed by atoms with van der Waals surface area (Å²) < 4.78 is 5.45. The summed E-state index contributed by atoms with van der Waals surface area (Å²) in [6, 6.07) is 10.8. The molecule has 0 heterocycles. The molecule has 0 aliphatic heterocycles. The predicted octanol–water partition coefficient (Wildman–Crippen LogP) is 3.56. The smallest absolute Gasteiger partial charge is 0.262 e. The molecule has 0 bridgehead atoms. The third kappa shape index (κ3) is 4.13. The fourth-order valence-electron chi connectivity index (χ4n) is 1.83. The predicted molar refractivity (Wildman–Crippen MR) is 85.9 cm³/mol. The van der Waals surface area contributed by atoms with E-state index >= 15 is 0 Å². The van der Waals surface area contributed by atoms with Crippen molar-refractivity contribution < 1.29 is 9.53 Å². The number of nitrogens with two attached hydrogens (primary N) is 1. The van der Waals surface area contributed by atoms with Crippen LogP contribution in [0, 0.1) is 13.8 Å². The first-order valence-electron chi connectivity index (χ1n) is 6.50. The lowest BCUT2D eigenvalue weighted by Crippen LogP contribution is -2.20. The van der Waals surface area contributed by atoms with Crippen molar-refractivity contribution in [3.8, 4) is 5.75 Å². The topological polar surface area (TPSA) is 64.3 Å². The van der Waals surface area contributed by atoms with E-state index in [0.717, 1.165) is 11.1 Å². The standard InChI is InChI=1S/C16H17ClN2O2/c1-10-3-6-13(17)15(7-10)21-9-16(20)19-14-8-12(18)5-4-11(14)2/h3-8H,9,18H2,1-2H3,(H,19,20). The van der Waals surface area contributed by atoms with Crippen molar-refractivity contribution in [2.75, 3.05) is 17.7 Å². The van der Waals surface area contributed by atoms with Gasteiger partial charge in [-0.25, -0.2) is 0 Å². The number of aryl methyl sites for hydroxylation is 2. The van der Waals surface area contributed by atoms with Crippen LogP contribution >= 0.6 is 11.6 Å². The molecule has 4 nitrogen and oxygen atoms in total. The zero-order valence-electron chi connectivity index (χ0n) is 11.9. The van der Waals surface area contributed by atoms with Gasteiger partial charge in [-0.3, -0.25) is 4.79 Å². The monoisotopic (exact) mass is 304 g/mol. The fourth-order valence-corrected chi connectivity index (χ4v) is 2.00. The number of halogens is 1. The minimum Gasteiger partial charge on any atom is -0.482 e. The van der Waals surface area contributed by atoms with Gasteiger partial charge < -0.3 is 15.8 Å². The quantitative estimate of drug-likeness (QED) is 0.849. The van der Waals surface area contributed by atoms with E-state index in [1.165, 1.54) is 0 Å². The number of hydrogen-bond donors (Lipinski definition) is 2. The Morgan fingerprint density at radius 3 is 2.76 bits per heavy atom. The second-order valence-corrected chi connectivity index (χ2v) is 5.25. The van der Waals surface area contributed by atoms with Gasteiger partial charge in [-0.2, -0.15) is 0 Å². The van der Waals surface area contributed by atoms with Gasteiger partial charge >= 0.3 is 0 Å². The highest BCUT2D eigenvalue weighted by atomic mass is 35.5. The molecule has 0 atom stereocenters. The molecular formula is C16H17ClN2O2. The van der Waals surface area contributed by atoms with Crippen molar-refractivity contribution in [3.63, 3.8) is 0 Å². The molecule has 0 radical (unpaired) electrons. The minimum absolute atomic E-state index is 0.114. The first kappa shape index (κ1) is 15.2. The van der Waals surface area contributed by atoms with Crippen molar-refractivity contribution in [3.05, 3.63) is 52.5 Å². The number of anilines is 2. The van der Waals surface area contributed by atoms with E-state index in [9.17, 15) is 4.79 Å². The van der Waals surface area contributed by atoms with Gasteiger partial charge in [-0.1, -0.05) is 23.7 Å². The van der Waals surface area contributed by atoms with Gasteiger partial charge in [0.15, 0.2) is 6.61 Å². The molecule has 0 fully saturated rings. The molecule has 110 valence electrons. The molecule has 21 heavy (non-hydrogen) atoms. The Balaban J connectivity index is 1.99. The van der Waals surface area contributed by atoms with E-state index in [1.54, 1.807) is 24.3 Å². The van der Waals surface area contributed by atoms with E-state index in [-0.39, 0.29) is 12.5 Å². The largest absolute Gasteiger partial charge is 0.482 e. The lowest BCUT2D eigenvalue weighted by atomic mass is 10.2. The van der Waals surface area contributed by atoms with Crippen LogP contribution < -0.4 is 15.8 Å². The van der Waals surface area contributed by atoms with Crippen LogP contribution in [0.2, 0.25) is 5.02 Å². The summed E-state index contributed by atoms with van der Waals surface area (Å²) in [6.07, 6.45) is 0. The van der Waals surface area contributed by atoms with E-state index in [1.807, 2.05) is 26.0 Å². The van der Waals surface area contributed by atoms with Crippen molar-refractivity contribution in [2.45, 2.75) is 13.8 Å². The molecule has 0 spiro atoms. The fraction of sp³-hybridized carbons (Fsp3) is 0.188. The van der Waals surface area contributed by atoms with Crippen LogP contribution in [0.1, 0.15) is 11.1 Å². The molecule has 1 amide bonds. The number of ether oxygens (including phenoxy) is 1. The molecule has 0 unspecified atom stereocenters. The molecule has 3 N–H and O–H groups in total. The third-order valence-electron chi connectivity index (χ3n) is 2.98. The highest BCUT2D eigenvalue weighted by Crippen LogP contribution is 2.25. The maximum absolute atomic E-state index is 11.9. The van der Waals surface area contributed by atoms with Gasteiger partial charge in [-0.15, -0.1) is 0 Å². The normalized spacial score (nSPS) is 10.2. The highest BCUT2D eigenvalue weighted by molar-refractivity contribution is 6.32. The average Bonchev–Trinajstić information content (AvgIpc) is 2.44. The Labute approximate surface area is 128 Å². The first-order chi connectivity index (χ1) is 9.95. The SMILES string of the molecule is Cc1ccc(Cl)c(OCC(=O)Nc2cc(N)ccc2C)c1. The van der Waals surface area contributed by atoms with Gasteiger partial charge in [0.05, 0.1) is 5.02 Å². The van der Waals surface area contributed by atoms with Gasteiger partial charge in [0.25, 0.3) is 5.91 Å². The molecule has 0 saturated heterocycles. The Morgan fingerprint density at radius 2 is 2.00 bits per heavy atom. The molecule has 0 aromatic heterocycles. The van der Waals surface area contributed by atoms with E-state index in [4.69, 9.17) is 22.1 Å². The Morgan fingerprint density at radius 1 is 1.24 bits per heavy atom. The summed E-state index contributed by atoms with van der Waals surface area (Å²) in [4.78, 5) is 11.9. The van der Waals surface area contributed by atoms with Crippen molar-refractivity contribution >= 4 is 28.9 Å². The Hall–Kier alpha value is -2.20. The lowest BCUT2D eigenvalue weighted by molar-refractivity contribution is -0.118. The minimum atomic E-state index is -0.263. The van der Waals surface area contributed by atoms with Crippen LogP contribution in [0.3, 0.4) is 0 Å². The van der Waals surface area contributed by atoms with Crippen LogP contribution in [0.4, 0.5) is 11.4 Å². The number of amides is 1. The molecule has 0 saturated carbocycles. The second kappa shape index (κ2) is 6.50. The number of rotatable bonds is 4. The second-order valence-electron chi connectivity index (χ2n) is 4.85. The van der Waals surface area contributed by atoms with Crippen LogP contribution in [0.15, 0.2) is 36.4 Å². The molecular weight excluding hydrogens is 288 g/mol. The summed E-state index contributed by atoms with van der Waals surface area (Å²) >= 11 is 6.01. The zero-order chi connectivity index (χ0) is 15.4. The van der Waals surface area contributed by atoms with Crippen molar-refractivity contribution in [1.82, 2.24) is 0 Å². The third-order valence-corrected chi connectivity index (χ3v) is 3.29. The Bertz CT molecular complexity index is 671. The molecule has 2 rings (SSSR count). The van der Waals surface area contributed by atoms with Crippen LogP contribution in [0.25, 0.3) is 0 Å². The summed E-state index contributed by atoms with van der Waals surface area (Å²) in [5.74, 6) is 0.234. The number of hydrogen-bond acceptors (Lipinski definition) is 3. The number of nitrogen functional groups attached to an aromatic ring is 1. The Kier molecular flexibility index (Phi) is 4.70. The van der Waals surface area contributed by atoms with E-state index < -0.39 is 0 Å². The zero-order valence-corrected chi connectivity index (χ0v) is 12.7. The van der Waals surface area contributed by atoms with Crippen molar-refractivity contribution in [2.24, 2.45) is 0 Å². The number of carbonyl (C=O) groups is 1. The molecule has 0 aliphatic carbocycles. The van der Waals surface area contributed by atoms with Gasteiger partial charge in [0, 0.05) is 11.4 Å². The number of carbonyl (C=O) groups excluding carboxylic acids is 1. The average molecular weight is 305 g/mol. The van der Waals surface area contributed by atoms with Crippen LogP contribution in [0.5, 0.6) is 5.75 Å². The van der Waals surface area contributed by atoms with E-state index in [2.05, 4.69) is 5.32 Å². The van der Waals surface area contributed by atoms with E-state index in [0.29, 0.717) is 22.1 Å². The summed E-state index contributed by atoms with van der Waals surface area (Å²) in [7, 11) is 0. The number of nitrogens with one attached hydrogen (secondary N) is 1. The maximum Gasteiger partial charge on any atom is 0.262 e. The first-order valence-corrected chi connectivity index (χ1v) is 6.88. The number of benzene rings is 2. The maximum atomic E-state index is 11.9. The van der Waals surface area contributed by atoms with Gasteiger partial charge in [0.2, 0.25) is 0 Å². The summed E-state index contributed by atoms with van der Waals surface area (Å²) in [5, 5.41) is 3.25. The summed E-state index contributed by atoms with van der Waals surface area (Å²) in [6.45, 7) is 3.71. The lowest BCUT2D eigenvalue weighted by Gasteiger charge is -2.11. The van der Waals surface area contributed by atoms with Crippen LogP contribution in [-0.2, 0) is 4.79 Å². The summed E-state index contributed by atoms with van der Waals surface area (Å²) in [5.41, 5.74) is 8.93. The molecule has 2 aromatic carbocycles. The highest BCUT2D eigenvalue weighted by Gasteiger charge is 2.08. The van der Waals surface area contributed by atoms with Crippen molar-refractivity contribution in [1.29, 1.82) is 0 Å². The van der Waals surface area contributed by atoms with Gasteiger partial charge in [-0.05, 0) is 49.2 Å². The molecule has 0 aliphatic rings.